The van der Waals surface area contributed by atoms with Gasteiger partial charge in [-0.1, -0.05) is 30.3 Å². The van der Waals surface area contributed by atoms with Gasteiger partial charge in [-0.15, -0.1) is 0 Å². The Hall–Kier alpha value is -3.94. The zero-order valence-corrected chi connectivity index (χ0v) is 16.3. The normalized spacial score (nSPS) is 15.1. The summed E-state index contributed by atoms with van der Waals surface area (Å²) < 4.78 is 6.49. The number of ether oxygens (including phenoxy) is 1. The van der Waals surface area contributed by atoms with Gasteiger partial charge in [0.25, 0.3) is 0 Å². The Morgan fingerprint density at radius 3 is 2.60 bits per heavy atom. The SMILES string of the molecule is CCOC(=O)c1ccc(NC(=O)[C@H]2CC(=O)Nc3c(-c4ccccc4)cnn32)cc1. The van der Waals surface area contributed by atoms with Crippen LogP contribution in [0.25, 0.3) is 11.1 Å². The van der Waals surface area contributed by atoms with Crippen LogP contribution in [-0.2, 0) is 14.3 Å². The minimum Gasteiger partial charge on any atom is -0.462 e. The van der Waals surface area contributed by atoms with Gasteiger partial charge >= 0.3 is 5.97 Å². The number of hydrogen-bond donors (Lipinski definition) is 2. The van der Waals surface area contributed by atoms with Crippen molar-refractivity contribution in [3.8, 4) is 11.1 Å². The van der Waals surface area contributed by atoms with E-state index in [1.807, 2.05) is 30.3 Å². The zero-order chi connectivity index (χ0) is 21.1. The van der Waals surface area contributed by atoms with Gasteiger partial charge in [-0.3, -0.25) is 9.59 Å². The number of carbonyl (C=O) groups excluding carboxylic acids is 3. The molecule has 2 aromatic carbocycles. The van der Waals surface area contributed by atoms with E-state index in [9.17, 15) is 14.4 Å². The Balaban J connectivity index is 1.55. The molecule has 152 valence electrons. The number of hydrogen-bond acceptors (Lipinski definition) is 5. The van der Waals surface area contributed by atoms with Crippen LogP contribution in [0.5, 0.6) is 0 Å². The molecule has 0 radical (unpaired) electrons. The molecule has 2 N–H and O–H groups in total. The quantitative estimate of drug-likeness (QED) is 0.636. The first kappa shape index (κ1) is 19.4. The van der Waals surface area contributed by atoms with Crippen molar-refractivity contribution >= 4 is 29.3 Å². The second-order valence-corrected chi connectivity index (χ2v) is 6.77. The maximum absolute atomic E-state index is 12.9. The lowest BCUT2D eigenvalue weighted by molar-refractivity contribution is -0.125. The van der Waals surface area contributed by atoms with Crippen LogP contribution in [0.3, 0.4) is 0 Å². The lowest BCUT2D eigenvalue weighted by Gasteiger charge is -2.24. The summed E-state index contributed by atoms with van der Waals surface area (Å²) in [4.78, 5) is 36.9. The number of nitrogens with one attached hydrogen (secondary N) is 2. The van der Waals surface area contributed by atoms with E-state index in [4.69, 9.17) is 4.74 Å². The average molecular weight is 404 g/mol. The van der Waals surface area contributed by atoms with Crippen LogP contribution in [0.1, 0.15) is 29.7 Å². The maximum atomic E-state index is 12.9. The van der Waals surface area contributed by atoms with Crippen molar-refractivity contribution in [2.24, 2.45) is 0 Å². The fourth-order valence-electron chi connectivity index (χ4n) is 3.33. The third-order valence-electron chi connectivity index (χ3n) is 4.78. The summed E-state index contributed by atoms with van der Waals surface area (Å²) in [5.41, 5.74) is 2.56. The molecule has 0 spiro atoms. The molecule has 1 aromatic heterocycles. The third kappa shape index (κ3) is 3.80. The largest absolute Gasteiger partial charge is 0.462 e. The summed E-state index contributed by atoms with van der Waals surface area (Å²) in [5.74, 6) is -0.542. The molecule has 0 saturated heterocycles. The van der Waals surface area contributed by atoms with Gasteiger partial charge in [0, 0.05) is 11.3 Å². The van der Waals surface area contributed by atoms with E-state index in [0.29, 0.717) is 17.1 Å². The first-order chi connectivity index (χ1) is 14.6. The maximum Gasteiger partial charge on any atom is 0.338 e. The molecule has 8 heteroatoms. The van der Waals surface area contributed by atoms with Crippen molar-refractivity contribution in [1.29, 1.82) is 0 Å². The van der Waals surface area contributed by atoms with Crippen molar-refractivity contribution in [3.63, 3.8) is 0 Å². The van der Waals surface area contributed by atoms with Crippen LogP contribution in [0.2, 0.25) is 0 Å². The van der Waals surface area contributed by atoms with Crippen molar-refractivity contribution in [2.45, 2.75) is 19.4 Å². The van der Waals surface area contributed by atoms with Gasteiger partial charge in [0.05, 0.1) is 24.8 Å². The number of fused-ring (bicyclic) bond motifs is 1. The summed E-state index contributed by atoms with van der Waals surface area (Å²) >= 11 is 0. The standard InChI is InChI=1S/C22H20N4O4/c1-2-30-22(29)15-8-10-16(11-9-15)24-21(28)18-12-19(27)25-20-17(13-23-26(18)20)14-6-4-3-5-7-14/h3-11,13,18H,2,12H2,1H3,(H,24,28)(H,25,27)/t18-/m1/s1. The molecule has 2 amide bonds. The lowest BCUT2D eigenvalue weighted by atomic mass is 10.1. The average Bonchev–Trinajstić information content (AvgIpc) is 3.18. The fourth-order valence-corrected chi connectivity index (χ4v) is 3.33. The van der Waals surface area contributed by atoms with Gasteiger partial charge < -0.3 is 15.4 Å². The molecule has 0 aliphatic carbocycles. The molecule has 3 aromatic rings. The number of esters is 1. The summed E-state index contributed by atoms with van der Waals surface area (Å²) in [7, 11) is 0. The number of nitrogens with zero attached hydrogens (tertiary/aromatic N) is 2. The van der Waals surface area contributed by atoms with Gasteiger partial charge in [0.1, 0.15) is 11.9 Å². The van der Waals surface area contributed by atoms with Crippen LogP contribution in [-0.4, -0.2) is 34.2 Å². The van der Waals surface area contributed by atoms with E-state index in [1.165, 1.54) is 4.68 Å². The van der Waals surface area contributed by atoms with Crippen LogP contribution in [0.15, 0.2) is 60.8 Å². The molecule has 0 saturated carbocycles. The predicted molar refractivity (Wildman–Crippen MR) is 111 cm³/mol. The van der Waals surface area contributed by atoms with Gasteiger partial charge in [-0.2, -0.15) is 5.10 Å². The molecule has 8 nitrogen and oxygen atoms in total. The highest BCUT2D eigenvalue weighted by atomic mass is 16.5. The minimum absolute atomic E-state index is 0.0182. The Bertz CT molecular complexity index is 1090. The number of aromatic nitrogens is 2. The Kier molecular flexibility index (Phi) is 5.30. The molecular weight excluding hydrogens is 384 g/mol. The van der Waals surface area contributed by atoms with Gasteiger partial charge in [0.15, 0.2) is 0 Å². The number of anilines is 2. The van der Waals surface area contributed by atoms with E-state index < -0.39 is 12.0 Å². The van der Waals surface area contributed by atoms with Crippen molar-refractivity contribution in [3.05, 3.63) is 66.4 Å². The molecule has 0 unspecified atom stereocenters. The molecule has 1 aliphatic heterocycles. The topological polar surface area (TPSA) is 102 Å². The van der Waals surface area contributed by atoms with Crippen LogP contribution >= 0.6 is 0 Å². The molecule has 0 fully saturated rings. The first-order valence-electron chi connectivity index (χ1n) is 9.57. The number of rotatable bonds is 5. The van der Waals surface area contributed by atoms with Crippen LogP contribution < -0.4 is 10.6 Å². The summed E-state index contributed by atoms with van der Waals surface area (Å²) in [6.07, 6.45) is 1.63. The Labute approximate surface area is 172 Å². The van der Waals surface area contributed by atoms with Crippen molar-refractivity contribution < 1.29 is 19.1 Å². The van der Waals surface area contributed by atoms with Gasteiger partial charge in [-0.05, 0) is 36.8 Å². The van der Waals surface area contributed by atoms with Gasteiger partial charge in [-0.25, -0.2) is 9.48 Å². The summed E-state index contributed by atoms with van der Waals surface area (Å²) in [6.45, 7) is 2.03. The predicted octanol–water partition coefficient (Wildman–Crippen LogP) is 3.25. The molecule has 30 heavy (non-hydrogen) atoms. The molecule has 4 rings (SSSR count). The second kappa shape index (κ2) is 8.20. The van der Waals surface area contributed by atoms with Crippen LogP contribution in [0, 0.1) is 0 Å². The molecular formula is C22H20N4O4. The number of amides is 2. The van der Waals surface area contributed by atoms with E-state index in [2.05, 4.69) is 15.7 Å². The smallest absolute Gasteiger partial charge is 0.338 e. The minimum atomic E-state index is -0.782. The summed E-state index contributed by atoms with van der Waals surface area (Å²) in [6, 6.07) is 15.1. The van der Waals surface area contributed by atoms with E-state index >= 15 is 0 Å². The van der Waals surface area contributed by atoms with Crippen molar-refractivity contribution in [1.82, 2.24) is 9.78 Å². The fraction of sp³-hybridized carbons (Fsp3) is 0.182. The summed E-state index contributed by atoms with van der Waals surface area (Å²) in [5, 5.41) is 9.96. The third-order valence-corrected chi connectivity index (χ3v) is 4.78. The lowest BCUT2D eigenvalue weighted by Crippen LogP contribution is -2.35. The Morgan fingerprint density at radius 2 is 1.90 bits per heavy atom. The van der Waals surface area contributed by atoms with E-state index in [-0.39, 0.29) is 24.8 Å². The van der Waals surface area contributed by atoms with E-state index in [1.54, 1.807) is 37.4 Å². The zero-order valence-electron chi connectivity index (χ0n) is 16.3. The second-order valence-electron chi connectivity index (χ2n) is 6.77. The number of carbonyl (C=O) groups is 3. The highest BCUT2D eigenvalue weighted by molar-refractivity contribution is 6.03. The molecule has 0 bridgehead atoms. The monoisotopic (exact) mass is 404 g/mol. The molecule has 2 heterocycles. The first-order valence-corrected chi connectivity index (χ1v) is 9.57. The van der Waals surface area contributed by atoms with E-state index in [0.717, 1.165) is 11.1 Å². The highest BCUT2D eigenvalue weighted by Crippen LogP contribution is 2.34. The van der Waals surface area contributed by atoms with Crippen LogP contribution in [0.4, 0.5) is 11.5 Å². The van der Waals surface area contributed by atoms with Gasteiger partial charge in [0.2, 0.25) is 11.8 Å². The highest BCUT2D eigenvalue weighted by Gasteiger charge is 2.33. The molecule has 1 atom stereocenters. The molecule has 1 aliphatic rings. The van der Waals surface area contributed by atoms with Crippen molar-refractivity contribution in [2.75, 3.05) is 17.2 Å². The Morgan fingerprint density at radius 1 is 1.17 bits per heavy atom. The number of benzene rings is 2.